The normalized spacial score (nSPS) is 23.7. The van der Waals surface area contributed by atoms with Crippen LogP contribution < -0.4 is 0 Å². The first-order valence-corrected chi connectivity index (χ1v) is 4.34. The third-order valence-corrected chi connectivity index (χ3v) is 2.29. The summed E-state index contributed by atoms with van der Waals surface area (Å²) in [7, 11) is 3.48. The second-order valence-electron chi connectivity index (χ2n) is 3.13. The van der Waals surface area contributed by atoms with Crippen molar-refractivity contribution in [3.63, 3.8) is 0 Å². The van der Waals surface area contributed by atoms with Gasteiger partial charge in [0, 0.05) is 0 Å². The molecule has 1 nitrogen and oxygen atoms in total. The van der Waals surface area contributed by atoms with Gasteiger partial charge in [-0.05, 0) is 12.8 Å². The van der Waals surface area contributed by atoms with Crippen molar-refractivity contribution >= 4 is 0 Å². The zero-order valence-electron chi connectivity index (χ0n) is 6.64. The van der Waals surface area contributed by atoms with E-state index in [-0.39, 0.29) is 0 Å². The van der Waals surface area contributed by atoms with Crippen molar-refractivity contribution in [3.8, 4) is 0 Å². The van der Waals surface area contributed by atoms with Gasteiger partial charge in [-0.2, -0.15) is 0 Å². The average Bonchev–Trinajstić information content (AvgIpc) is 1.87. The second-order valence-corrected chi connectivity index (χ2v) is 3.13. The van der Waals surface area contributed by atoms with Crippen LogP contribution in [0.4, 0.5) is 0 Å². The van der Waals surface area contributed by atoms with E-state index in [9.17, 15) is 0 Å². The molecule has 0 atom stereocenters. The summed E-state index contributed by atoms with van der Waals surface area (Å²) < 4.78 is 5.08. The molecule has 1 saturated carbocycles. The van der Waals surface area contributed by atoms with Crippen molar-refractivity contribution in [2.24, 2.45) is 0 Å². The highest BCUT2D eigenvalue weighted by Gasteiger charge is 2.08. The fourth-order valence-electron chi connectivity index (χ4n) is 1.59. The lowest BCUT2D eigenvalue weighted by atomic mass is 9.99. The van der Waals surface area contributed by atoms with Gasteiger partial charge in [0.25, 0.3) is 0 Å². The molecule has 1 radical (unpaired) electrons. The van der Waals surface area contributed by atoms with Crippen LogP contribution in [0.25, 0.3) is 0 Å². The largest absolute Gasteiger partial charge is 0.376 e. The molecule has 1 aliphatic rings. The van der Waals surface area contributed by atoms with Crippen molar-refractivity contribution in [1.82, 2.24) is 0 Å². The van der Waals surface area contributed by atoms with Gasteiger partial charge in [-0.25, -0.2) is 0 Å². The molecule has 0 saturated heterocycles. The van der Waals surface area contributed by atoms with Gasteiger partial charge >= 0.3 is 0 Å². The van der Waals surface area contributed by atoms with Crippen molar-refractivity contribution in [1.29, 1.82) is 0 Å². The molecule has 0 aromatic carbocycles. The van der Waals surface area contributed by atoms with Gasteiger partial charge in [0.05, 0.1) is 13.2 Å². The van der Waals surface area contributed by atoms with Gasteiger partial charge in [-0.1, -0.05) is 32.1 Å². The monoisotopic (exact) mass is 141 g/mol. The van der Waals surface area contributed by atoms with E-state index in [0.717, 1.165) is 0 Å². The Morgan fingerprint density at radius 3 is 1.90 bits per heavy atom. The zero-order chi connectivity index (χ0) is 7.23. The van der Waals surface area contributed by atoms with Crippen molar-refractivity contribution < 1.29 is 4.74 Å². The third-order valence-electron chi connectivity index (χ3n) is 2.29. The van der Waals surface area contributed by atoms with Gasteiger partial charge in [0.1, 0.15) is 0 Å². The van der Waals surface area contributed by atoms with Crippen LogP contribution >= 0.6 is 0 Å². The Bertz CT molecular complexity index is 72.8. The Morgan fingerprint density at radius 1 is 0.900 bits per heavy atom. The molecule has 1 heteroatoms. The minimum absolute atomic E-state index is 0.459. The summed E-state index contributed by atoms with van der Waals surface area (Å²) >= 11 is 0. The summed E-state index contributed by atoms with van der Waals surface area (Å²) in [6.45, 7) is 0. The van der Waals surface area contributed by atoms with Crippen LogP contribution in [0.1, 0.15) is 44.9 Å². The average molecular weight is 141 g/mol. The molecule has 10 heavy (non-hydrogen) atoms. The van der Waals surface area contributed by atoms with Gasteiger partial charge < -0.3 is 4.74 Å². The number of hydrogen-bond acceptors (Lipinski definition) is 1. The maximum absolute atomic E-state index is 5.08. The summed E-state index contributed by atoms with van der Waals surface area (Å²) in [5.41, 5.74) is 0. The standard InChI is InChI=1S/C9H17O/c1-10-9-7-5-3-2-4-6-8-9/h9H,1-8H2. The molecule has 0 amide bonds. The van der Waals surface area contributed by atoms with E-state index in [2.05, 4.69) is 7.11 Å². The molecular weight excluding hydrogens is 124 g/mol. The summed E-state index contributed by atoms with van der Waals surface area (Å²) in [6.07, 6.45) is 9.78. The molecule has 59 valence electrons. The summed E-state index contributed by atoms with van der Waals surface area (Å²) in [5, 5.41) is 0. The van der Waals surface area contributed by atoms with Crippen LogP contribution in [-0.2, 0) is 4.74 Å². The van der Waals surface area contributed by atoms with E-state index >= 15 is 0 Å². The van der Waals surface area contributed by atoms with E-state index < -0.39 is 0 Å². The van der Waals surface area contributed by atoms with Gasteiger partial charge in [-0.3, -0.25) is 0 Å². The van der Waals surface area contributed by atoms with Crippen LogP contribution in [-0.4, -0.2) is 6.10 Å². The molecule has 0 heterocycles. The zero-order valence-corrected chi connectivity index (χ0v) is 6.64. The predicted octanol–water partition coefficient (Wildman–Crippen LogP) is 2.91. The van der Waals surface area contributed by atoms with E-state index in [1.54, 1.807) is 0 Å². The highest BCUT2D eigenvalue weighted by Crippen LogP contribution is 2.18. The second kappa shape index (κ2) is 4.73. The Morgan fingerprint density at radius 2 is 1.40 bits per heavy atom. The quantitative estimate of drug-likeness (QED) is 0.545. The van der Waals surface area contributed by atoms with Crippen LogP contribution in [0.2, 0.25) is 0 Å². The SMILES string of the molecule is [CH2]OC1CCCCCCC1. The van der Waals surface area contributed by atoms with E-state index in [4.69, 9.17) is 4.74 Å². The lowest BCUT2D eigenvalue weighted by Crippen LogP contribution is -2.10. The first-order valence-electron chi connectivity index (χ1n) is 4.34. The molecule has 0 spiro atoms. The molecule has 0 N–H and O–H groups in total. The predicted molar refractivity (Wildman–Crippen MR) is 42.5 cm³/mol. The maximum Gasteiger partial charge on any atom is 0.0704 e. The highest BCUT2D eigenvalue weighted by molar-refractivity contribution is 4.62. The minimum atomic E-state index is 0.459. The fraction of sp³-hybridized carbons (Fsp3) is 0.889. The Hall–Kier alpha value is -0.0400. The van der Waals surface area contributed by atoms with Crippen LogP contribution in [0.5, 0.6) is 0 Å². The molecule has 0 unspecified atom stereocenters. The van der Waals surface area contributed by atoms with E-state index in [0.29, 0.717) is 6.10 Å². The smallest absolute Gasteiger partial charge is 0.0704 e. The van der Waals surface area contributed by atoms with E-state index in [1.807, 2.05) is 0 Å². The molecule has 0 aromatic rings. The Kier molecular flexibility index (Phi) is 3.81. The number of hydrogen-bond donors (Lipinski definition) is 0. The Balaban J connectivity index is 2.16. The molecule has 1 fully saturated rings. The van der Waals surface area contributed by atoms with Crippen LogP contribution in [0, 0.1) is 7.11 Å². The lowest BCUT2D eigenvalue weighted by molar-refractivity contribution is 0.111. The molecule has 0 bridgehead atoms. The molecule has 0 aliphatic heterocycles. The first kappa shape index (κ1) is 8.06. The fourth-order valence-corrected chi connectivity index (χ4v) is 1.59. The van der Waals surface area contributed by atoms with Gasteiger partial charge in [0.2, 0.25) is 0 Å². The van der Waals surface area contributed by atoms with Crippen molar-refractivity contribution in [3.05, 3.63) is 7.11 Å². The van der Waals surface area contributed by atoms with Crippen molar-refractivity contribution in [2.75, 3.05) is 0 Å². The third kappa shape index (κ3) is 2.70. The summed E-state index contributed by atoms with van der Waals surface area (Å²) in [4.78, 5) is 0. The summed E-state index contributed by atoms with van der Waals surface area (Å²) in [5.74, 6) is 0. The van der Waals surface area contributed by atoms with Crippen LogP contribution in [0.15, 0.2) is 0 Å². The first-order chi connectivity index (χ1) is 4.93. The van der Waals surface area contributed by atoms with Gasteiger partial charge in [-0.15, -0.1) is 0 Å². The molecular formula is C9H17O. The van der Waals surface area contributed by atoms with Crippen LogP contribution in [0.3, 0.4) is 0 Å². The van der Waals surface area contributed by atoms with Gasteiger partial charge in [0.15, 0.2) is 0 Å². The maximum atomic E-state index is 5.08. The highest BCUT2D eigenvalue weighted by atomic mass is 16.5. The number of ether oxygens (including phenoxy) is 1. The topological polar surface area (TPSA) is 9.23 Å². The number of rotatable bonds is 1. The van der Waals surface area contributed by atoms with E-state index in [1.165, 1.54) is 44.9 Å². The summed E-state index contributed by atoms with van der Waals surface area (Å²) in [6, 6.07) is 0. The molecule has 1 rings (SSSR count). The Labute approximate surface area is 63.8 Å². The minimum Gasteiger partial charge on any atom is -0.376 e. The lowest BCUT2D eigenvalue weighted by Gasteiger charge is -2.17. The molecule has 0 aromatic heterocycles. The van der Waals surface area contributed by atoms with Crippen molar-refractivity contribution in [2.45, 2.75) is 51.0 Å². The molecule has 1 aliphatic carbocycles.